The number of unbranched alkanes of at least 4 members (excludes halogenated alkanes) is 9. The number of phosphoric acid groups is 1. The third kappa shape index (κ3) is 18.7. The molecule has 0 aromatic rings. The van der Waals surface area contributed by atoms with Gasteiger partial charge in [-0.05, 0) is 13.3 Å². The third-order valence-electron chi connectivity index (χ3n) is 4.28. The quantitative estimate of drug-likeness (QED) is 0.205. The topological polar surface area (TPSA) is 58.6 Å². The summed E-state index contributed by atoms with van der Waals surface area (Å²) in [6.07, 6.45) is 13.2. The zero-order valence-electron chi connectivity index (χ0n) is 17.3. The molecule has 0 saturated carbocycles. The SMILES string of the molecule is CCCCCCCCCCCCC(C)OP(=O)([O-])OCC[N+](C)(C)C. The van der Waals surface area contributed by atoms with Crippen molar-refractivity contribution in [2.24, 2.45) is 0 Å². The maximum atomic E-state index is 11.8. The normalized spacial score (nSPS) is 15.9. The molecule has 0 N–H and O–H groups in total. The number of quaternary nitrogens is 1. The molecule has 0 radical (unpaired) electrons. The predicted octanol–water partition coefficient (Wildman–Crippen LogP) is 4.89. The molecule has 25 heavy (non-hydrogen) atoms. The zero-order valence-corrected chi connectivity index (χ0v) is 18.2. The molecule has 2 atom stereocenters. The molecule has 0 heterocycles. The average Bonchev–Trinajstić information content (AvgIpc) is 2.47. The number of hydrogen-bond acceptors (Lipinski definition) is 4. The molecule has 0 aliphatic rings. The lowest BCUT2D eigenvalue weighted by molar-refractivity contribution is -0.870. The fourth-order valence-electron chi connectivity index (χ4n) is 2.65. The summed E-state index contributed by atoms with van der Waals surface area (Å²) >= 11 is 0. The molecule has 0 bridgehead atoms. The minimum Gasteiger partial charge on any atom is -0.756 e. The van der Waals surface area contributed by atoms with Crippen molar-refractivity contribution in [2.45, 2.75) is 90.6 Å². The van der Waals surface area contributed by atoms with Gasteiger partial charge in [0, 0.05) is 0 Å². The van der Waals surface area contributed by atoms with E-state index >= 15 is 0 Å². The largest absolute Gasteiger partial charge is 0.756 e. The molecule has 0 aliphatic carbocycles. The second-order valence-corrected chi connectivity index (χ2v) is 9.54. The van der Waals surface area contributed by atoms with E-state index in [1.807, 2.05) is 28.1 Å². The Kier molecular flexibility index (Phi) is 14.2. The summed E-state index contributed by atoms with van der Waals surface area (Å²) < 4.78 is 22.5. The van der Waals surface area contributed by atoms with Crippen molar-refractivity contribution in [1.82, 2.24) is 0 Å². The summed E-state index contributed by atoms with van der Waals surface area (Å²) in [5.74, 6) is 0. The molecule has 0 rings (SSSR count). The maximum Gasteiger partial charge on any atom is 0.268 e. The van der Waals surface area contributed by atoms with Gasteiger partial charge in [0.05, 0.1) is 27.2 Å². The van der Waals surface area contributed by atoms with Crippen LogP contribution in [0.25, 0.3) is 0 Å². The first-order valence-electron chi connectivity index (χ1n) is 10.1. The van der Waals surface area contributed by atoms with Crippen LogP contribution in [-0.4, -0.2) is 44.9 Å². The fourth-order valence-corrected chi connectivity index (χ4v) is 3.56. The Morgan fingerprint density at radius 3 is 1.88 bits per heavy atom. The molecule has 0 aromatic carbocycles. The van der Waals surface area contributed by atoms with Crippen LogP contribution in [0.15, 0.2) is 0 Å². The van der Waals surface area contributed by atoms with Gasteiger partial charge in [-0.1, -0.05) is 71.1 Å². The van der Waals surface area contributed by atoms with Crippen LogP contribution in [0.4, 0.5) is 0 Å². The molecule has 152 valence electrons. The highest BCUT2D eigenvalue weighted by molar-refractivity contribution is 7.45. The number of phosphoric ester groups is 1. The van der Waals surface area contributed by atoms with Crippen LogP contribution in [0.1, 0.15) is 84.5 Å². The van der Waals surface area contributed by atoms with Gasteiger partial charge in [0.25, 0.3) is 7.82 Å². The van der Waals surface area contributed by atoms with Crippen LogP contribution >= 0.6 is 7.82 Å². The Morgan fingerprint density at radius 2 is 1.40 bits per heavy atom. The van der Waals surface area contributed by atoms with Gasteiger partial charge >= 0.3 is 0 Å². The lowest BCUT2D eigenvalue weighted by Crippen LogP contribution is -2.37. The highest BCUT2D eigenvalue weighted by Gasteiger charge is 2.16. The minimum atomic E-state index is -4.17. The lowest BCUT2D eigenvalue weighted by Gasteiger charge is -2.29. The molecule has 0 amide bonds. The van der Waals surface area contributed by atoms with Gasteiger partial charge in [-0.15, -0.1) is 0 Å². The first-order valence-corrected chi connectivity index (χ1v) is 11.6. The summed E-state index contributed by atoms with van der Waals surface area (Å²) in [6.45, 7) is 4.84. The van der Waals surface area contributed by atoms with E-state index in [0.717, 1.165) is 19.3 Å². The van der Waals surface area contributed by atoms with Gasteiger partial charge in [0.1, 0.15) is 13.2 Å². The molecular formula is C19H42NO4P. The zero-order chi connectivity index (χ0) is 19.2. The van der Waals surface area contributed by atoms with Crippen molar-refractivity contribution in [3.05, 3.63) is 0 Å². The van der Waals surface area contributed by atoms with E-state index < -0.39 is 7.82 Å². The van der Waals surface area contributed by atoms with Crippen LogP contribution in [-0.2, 0) is 13.6 Å². The monoisotopic (exact) mass is 379 g/mol. The Bertz CT molecular complexity index is 358. The van der Waals surface area contributed by atoms with Gasteiger partial charge in [0.15, 0.2) is 0 Å². The van der Waals surface area contributed by atoms with Crippen LogP contribution in [0.5, 0.6) is 0 Å². The molecule has 0 saturated heterocycles. The average molecular weight is 380 g/mol. The van der Waals surface area contributed by atoms with E-state index in [1.54, 1.807) is 0 Å². The van der Waals surface area contributed by atoms with E-state index in [2.05, 4.69) is 6.92 Å². The minimum absolute atomic E-state index is 0.162. The van der Waals surface area contributed by atoms with Crippen molar-refractivity contribution in [2.75, 3.05) is 34.3 Å². The van der Waals surface area contributed by atoms with Crippen molar-refractivity contribution >= 4 is 7.82 Å². The fraction of sp³-hybridized carbons (Fsp3) is 1.00. The molecule has 0 fully saturated rings. The summed E-state index contributed by atoms with van der Waals surface area (Å²) in [6, 6.07) is 0. The Morgan fingerprint density at radius 1 is 0.920 bits per heavy atom. The van der Waals surface area contributed by atoms with E-state index in [1.165, 1.54) is 51.4 Å². The van der Waals surface area contributed by atoms with Gasteiger partial charge in [0.2, 0.25) is 0 Å². The number of nitrogens with zero attached hydrogens (tertiary/aromatic N) is 1. The molecule has 0 spiro atoms. The standard InChI is InChI=1S/C19H42NO4P/c1-6-7-8-9-10-11-12-13-14-15-16-19(2)24-25(21,22)23-18-17-20(3,4)5/h19H,6-18H2,1-5H3. The van der Waals surface area contributed by atoms with E-state index in [0.29, 0.717) is 11.0 Å². The number of hydrogen-bond donors (Lipinski definition) is 0. The Labute approximate surface area is 156 Å². The summed E-state index contributed by atoms with van der Waals surface area (Å²) in [4.78, 5) is 11.8. The summed E-state index contributed by atoms with van der Waals surface area (Å²) in [5.41, 5.74) is 0. The van der Waals surface area contributed by atoms with Gasteiger partial charge in [-0.3, -0.25) is 4.57 Å². The van der Waals surface area contributed by atoms with E-state index in [4.69, 9.17) is 9.05 Å². The smallest absolute Gasteiger partial charge is 0.268 e. The third-order valence-corrected chi connectivity index (χ3v) is 5.40. The number of likely N-dealkylation sites (N-methyl/N-ethyl adjacent to an activating group) is 1. The first kappa shape index (κ1) is 25.1. The molecule has 0 aromatic heterocycles. The molecular weight excluding hydrogens is 337 g/mol. The second-order valence-electron chi connectivity index (χ2n) is 8.18. The van der Waals surface area contributed by atoms with Crippen LogP contribution in [0.2, 0.25) is 0 Å². The van der Waals surface area contributed by atoms with Crippen molar-refractivity contribution in [1.29, 1.82) is 0 Å². The van der Waals surface area contributed by atoms with E-state index in [9.17, 15) is 9.46 Å². The van der Waals surface area contributed by atoms with Crippen LogP contribution < -0.4 is 4.89 Å². The summed E-state index contributed by atoms with van der Waals surface area (Å²) in [7, 11) is 1.81. The van der Waals surface area contributed by atoms with Crippen LogP contribution in [0, 0.1) is 0 Å². The number of rotatable bonds is 17. The van der Waals surface area contributed by atoms with Crippen molar-refractivity contribution in [3.8, 4) is 0 Å². The van der Waals surface area contributed by atoms with Gasteiger partial charge in [-0.25, -0.2) is 0 Å². The Balaban J connectivity index is 3.59. The molecule has 0 aliphatic heterocycles. The molecule has 6 heteroatoms. The Hall–Kier alpha value is 0.0700. The summed E-state index contributed by atoms with van der Waals surface area (Å²) in [5, 5.41) is 0. The van der Waals surface area contributed by atoms with Crippen LogP contribution in [0.3, 0.4) is 0 Å². The highest BCUT2D eigenvalue weighted by Crippen LogP contribution is 2.40. The lowest BCUT2D eigenvalue weighted by atomic mass is 10.1. The van der Waals surface area contributed by atoms with Crippen molar-refractivity contribution < 1.29 is 23.0 Å². The molecule has 5 nitrogen and oxygen atoms in total. The maximum absolute atomic E-state index is 11.8. The highest BCUT2D eigenvalue weighted by atomic mass is 31.2. The van der Waals surface area contributed by atoms with E-state index in [-0.39, 0.29) is 12.7 Å². The predicted molar refractivity (Wildman–Crippen MR) is 103 cm³/mol. The van der Waals surface area contributed by atoms with Gasteiger partial charge < -0.3 is 18.4 Å². The second kappa shape index (κ2) is 14.2. The molecule has 2 unspecified atom stereocenters. The first-order chi connectivity index (χ1) is 11.7. The van der Waals surface area contributed by atoms with Gasteiger partial charge in [-0.2, -0.15) is 0 Å². The van der Waals surface area contributed by atoms with Crippen molar-refractivity contribution in [3.63, 3.8) is 0 Å².